The van der Waals surface area contributed by atoms with Gasteiger partial charge in [0.25, 0.3) is 0 Å². The van der Waals surface area contributed by atoms with Crippen LogP contribution in [0.15, 0.2) is 42.5 Å². The lowest BCUT2D eigenvalue weighted by atomic mass is 10.2. The van der Waals surface area contributed by atoms with Crippen molar-refractivity contribution in [2.75, 3.05) is 18.5 Å². The maximum Gasteiger partial charge on any atom is 0.319 e. The van der Waals surface area contributed by atoms with E-state index < -0.39 is 11.8 Å². The molecule has 0 aromatic heterocycles. The number of carbonyl (C=O) groups excluding carboxylic acids is 1. The predicted molar refractivity (Wildman–Crippen MR) is 85.1 cm³/mol. The zero-order valence-electron chi connectivity index (χ0n) is 12.0. The minimum absolute atomic E-state index is 0.0411. The SMILES string of the molecule is Cc1cccc(OCCNC(=O)Nc2ccc(F)c(Cl)c2)c1. The Morgan fingerprint density at radius 3 is 2.82 bits per heavy atom. The van der Waals surface area contributed by atoms with Crippen LogP contribution in [0.5, 0.6) is 5.75 Å². The molecule has 116 valence electrons. The number of hydrogen-bond acceptors (Lipinski definition) is 2. The van der Waals surface area contributed by atoms with E-state index in [1.54, 1.807) is 0 Å². The molecule has 0 fully saturated rings. The van der Waals surface area contributed by atoms with Crippen molar-refractivity contribution < 1.29 is 13.9 Å². The normalized spacial score (nSPS) is 10.1. The highest BCUT2D eigenvalue weighted by Gasteiger charge is 2.04. The van der Waals surface area contributed by atoms with Crippen LogP contribution in [-0.4, -0.2) is 19.2 Å². The summed E-state index contributed by atoms with van der Waals surface area (Å²) in [5, 5.41) is 5.16. The fraction of sp³-hybridized carbons (Fsp3) is 0.188. The van der Waals surface area contributed by atoms with Gasteiger partial charge in [0.1, 0.15) is 18.2 Å². The lowest BCUT2D eigenvalue weighted by Crippen LogP contribution is -2.32. The highest BCUT2D eigenvalue weighted by molar-refractivity contribution is 6.31. The second kappa shape index (κ2) is 7.66. The van der Waals surface area contributed by atoms with Crippen LogP contribution in [0.3, 0.4) is 0 Å². The quantitative estimate of drug-likeness (QED) is 0.818. The van der Waals surface area contributed by atoms with Gasteiger partial charge in [-0.15, -0.1) is 0 Å². The second-order valence-electron chi connectivity index (χ2n) is 4.67. The number of amides is 2. The van der Waals surface area contributed by atoms with E-state index in [1.807, 2.05) is 31.2 Å². The van der Waals surface area contributed by atoms with Gasteiger partial charge in [-0.2, -0.15) is 0 Å². The molecule has 6 heteroatoms. The highest BCUT2D eigenvalue weighted by Crippen LogP contribution is 2.19. The summed E-state index contributed by atoms with van der Waals surface area (Å²) in [6, 6.07) is 11.2. The molecule has 2 amide bonds. The molecule has 0 spiro atoms. The lowest BCUT2D eigenvalue weighted by Gasteiger charge is -2.09. The number of hydrogen-bond donors (Lipinski definition) is 2. The topological polar surface area (TPSA) is 50.4 Å². The van der Waals surface area contributed by atoms with Gasteiger partial charge in [-0.1, -0.05) is 23.7 Å². The van der Waals surface area contributed by atoms with Gasteiger partial charge < -0.3 is 15.4 Å². The number of benzene rings is 2. The molecule has 2 rings (SSSR count). The summed E-state index contributed by atoms with van der Waals surface area (Å²) in [6.45, 7) is 2.67. The summed E-state index contributed by atoms with van der Waals surface area (Å²) in [5.41, 5.74) is 1.53. The van der Waals surface area contributed by atoms with Crippen molar-refractivity contribution >= 4 is 23.3 Å². The Hall–Kier alpha value is -2.27. The van der Waals surface area contributed by atoms with Crippen LogP contribution in [0.4, 0.5) is 14.9 Å². The van der Waals surface area contributed by atoms with E-state index in [9.17, 15) is 9.18 Å². The molecule has 22 heavy (non-hydrogen) atoms. The van der Waals surface area contributed by atoms with Crippen molar-refractivity contribution in [2.24, 2.45) is 0 Å². The third-order valence-corrected chi connectivity index (χ3v) is 3.11. The Morgan fingerprint density at radius 1 is 1.27 bits per heavy atom. The smallest absolute Gasteiger partial charge is 0.319 e. The maximum atomic E-state index is 13.0. The average molecular weight is 323 g/mol. The number of anilines is 1. The van der Waals surface area contributed by atoms with E-state index in [1.165, 1.54) is 18.2 Å². The van der Waals surface area contributed by atoms with E-state index in [0.717, 1.165) is 11.3 Å². The molecule has 0 aliphatic carbocycles. The Morgan fingerprint density at radius 2 is 2.09 bits per heavy atom. The largest absolute Gasteiger partial charge is 0.492 e. The van der Waals surface area contributed by atoms with Crippen LogP contribution in [0.1, 0.15) is 5.56 Å². The monoisotopic (exact) mass is 322 g/mol. The van der Waals surface area contributed by atoms with E-state index in [-0.39, 0.29) is 5.02 Å². The number of carbonyl (C=O) groups is 1. The summed E-state index contributed by atoms with van der Waals surface area (Å²) in [5.74, 6) is 0.228. The lowest BCUT2D eigenvalue weighted by molar-refractivity contribution is 0.247. The van der Waals surface area contributed by atoms with Gasteiger partial charge in [-0.05, 0) is 42.8 Å². The first-order valence-corrected chi connectivity index (χ1v) is 7.12. The molecule has 0 unspecified atom stereocenters. The summed E-state index contributed by atoms with van der Waals surface area (Å²) in [4.78, 5) is 11.7. The third-order valence-electron chi connectivity index (χ3n) is 2.82. The molecule has 0 aliphatic rings. The standard InChI is InChI=1S/C16H16ClFN2O2/c1-11-3-2-4-13(9-11)22-8-7-19-16(21)20-12-5-6-15(18)14(17)10-12/h2-6,9-10H,7-8H2,1H3,(H2,19,20,21). The fourth-order valence-corrected chi connectivity index (χ4v) is 1.97. The van der Waals surface area contributed by atoms with Crippen LogP contribution in [0, 0.1) is 12.7 Å². The summed E-state index contributed by atoms with van der Waals surface area (Å²) in [7, 11) is 0. The molecule has 4 nitrogen and oxygen atoms in total. The third kappa shape index (κ3) is 4.93. The Bertz CT molecular complexity index is 664. The van der Waals surface area contributed by atoms with Crippen molar-refractivity contribution in [1.82, 2.24) is 5.32 Å². The molecule has 0 saturated carbocycles. The number of halogens is 2. The second-order valence-corrected chi connectivity index (χ2v) is 5.08. The molecular weight excluding hydrogens is 307 g/mol. The van der Waals surface area contributed by atoms with E-state index >= 15 is 0 Å². The molecule has 0 aliphatic heterocycles. The highest BCUT2D eigenvalue weighted by atomic mass is 35.5. The Kier molecular flexibility index (Phi) is 5.61. The molecule has 2 aromatic carbocycles. The van der Waals surface area contributed by atoms with Gasteiger partial charge in [0.2, 0.25) is 0 Å². The zero-order chi connectivity index (χ0) is 15.9. The molecule has 2 aromatic rings. The number of rotatable bonds is 5. The van der Waals surface area contributed by atoms with Gasteiger partial charge in [-0.3, -0.25) is 0 Å². The van der Waals surface area contributed by atoms with Gasteiger partial charge in [0.15, 0.2) is 0 Å². The van der Waals surface area contributed by atoms with Crippen molar-refractivity contribution in [1.29, 1.82) is 0 Å². The zero-order valence-corrected chi connectivity index (χ0v) is 12.8. The molecular formula is C16H16ClFN2O2. The van der Waals surface area contributed by atoms with Gasteiger partial charge >= 0.3 is 6.03 Å². The van der Waals surface area contributed by atoms with Crippen LogP contribution >= 0.6 is 11.6 Å². The number of ether oxygens (including phenoxy) is 1. The van der Waals surface area contributed by atoms with Crippen LogP contribution in [0.25, 0.3) is 0 Å². The Labute approximate surface area is 133 Å². The van der Waals surface area contributed by atoms with Crippen molar-refractivity contribution in [3.05, 3.63) is 58.9 Å². The molecule has 0 heterocycles. The van der Waals surface area contributed by atoms with Crippen LogP contribution in [-0.2, 0) is 0 Å². The predicted octanol–water partition coefficient (Wildman–Crippen LogP) is 3.99. The van der Waals surface area contributed by atoms with E-state index in [2.05, 4.69) is 10.6 Å². The fourth-order valence-electron chi connectivity index (χ4n) is 1.79. The first kappa shape index (κ1) is 16.1. The minimum atomic E-state index is -0.529. The van der Waals surface area contributed by atoms with Crippen molar-refractivity contribution in [3.63, 3.8) is 0 Å². The summed E-state index contributed by atoms with van der Waals surface area (Å²) in [6.07, 6.45) is 0. The first-order chi connectivity index (χ1) is 10.5. The number of aryl methyl sites for hydroxylation is 1. The molecule has 2 N–H and O–H groups in total. The van der Waals surface area contributed by atoms with Crippen LogP contribution < -0.4 is 15.4 Å². The van der Waals surface area contributed by atoms with Gasteiger partial charge in [0, 0.05) is 5.69 Å². The minimum Gasteiger partial charge on any atom is -0.492 e. The summed E-state index contributed by atoms with van der Waals surface area (Å²) >= 11 is 5.64. The summed E-state index contributed by atoms with van der Waals surface area (Å²) < 4.78 is 18.5. The molecule has 0 saturated heterocycles. The van der Waals surface area contributed by atoms with Crippen molar-refractivity contribution in [3.8, 4) is 5.75 Å². The number of nitrogens with one attached hydrogen (secondary N) is 2. The molecule has 0 bridgehead atoms. The first-order valence-electron chi connectivity index (χ1n) is 6.74. The van der Waals surface area contributed by atoms with E-state index in [0.29, 0.717) is 18.8 Å². The average Bonchev–Trinajstić information content (AvgIpc) is 2.48. The van der Waals surface area contributed by atoms with E-state index in [4.69, 9.17) is 16.3 Å². The van der Waals surface area contributed by atoms with Crippen LogP contribution in [0.2, 0.25) is 5.02 Å². The number of urea groups is 1. The molecule has 0 atom stereocenters. The van der Waals surface area contributed by atoms with Gasteiger partial charge in [-0.25, -0.2) is 9.18 Å². The Balaban J connectivity index is 1.72. The maximum absolute atomic E-state index is 13.0. The van der Waals surface area contributed by atoms with Crippen molar-refractivity contribution in [2.45, 2.75) is 6.92 Å². The molecule has 0 radical (unpaired) electrons. The van der Waals surface area contributed by atoms with Gasteiger partial charge in [0.05, 0.1) is 11.6 Å².